The van der Waals surface area contributed by atoms with Gasteiger partial charge in [0.05, 0.1) is 11.2 Å². The van der Waals surface area contributed by atoms with E-state index in [0.29, 0.717) is 0 Å². The molecule has 0 spiro atoms. The maximum Gasteiger partial charge on any atom is 0.122 e. The Labute approximate surface area is 145 Å². The molecular weight excluding hydrogens is 314 g/mol. The zero-order valence-electron chi connectivity index (χ0n) is 13.4. The zero-order valence-corrected chi connectivity index (χ0v) is 14.2. The Kier molecular flexibility index (Phi) is 4.05. The summed E-state index contributed by atoms with van der Waals surface area (Å²) >= 11 is 1.74. The molecule has 0 saturated heterocycles. The van der Waals surface area contributed by atoms with Crippen molar-refractivity contribution in [3.63, 3.8) is 0 Å². The summed E-state index contributed by atoms with van der Waals surface area (Å²) in [6.45, 7) is 2.09. The standard InChI is InChI=1S/C20H17N3S/c1-15-7-9-17(10-8-15)18-13-19-20(21-11-12-23(19)22-18)24-14-16-5-3-2-4-6-16/h2-13H,14H2,1H3. The van der Waals surface area contributed by atoms with Gasteiger partial charge in [0, 0.05) is 23.7 Å². The maximum absolute atomic E-state index is 4.69. The van der Waals surface area contributed by atoms with Crippen LogP contribution in [-0.4, -0.2) is 14.6 Å². The molecule has 3 nitrogen and oxygen atoms in total. The number of rotatable bonds is 4. The van der Waals surface area contributed by atoms with Crippen LogP contribution >= 0.6 is 11.8 Å². The van der Waals surface area contributed by atoms with Gasteiger partial charge in [-0.05, 0) is 18.6 Å². The average Bonchev–Trinajstić information content (AvgIpc) is 3.06. The second kappa shape index (κ2) is 6.49. The van der Waals surface area contributed by atoms with E-state index in [1.54, 1.807) is 11.8 Å². The summed E-state index contributed by atoms with van der Waals surface area (Å²) in [5.74, 6) is 0.901. The number of hydrogen-bond acceptors (Lipinski definition) is 3. The molecule has 0 bridgehead atoms. The van der Waals surface area contributed by atoms with Gasteiger partial charge < -0.3 is 0 Å². The molecule has 0 fully saturated rings. The zero-order chi connectivity index (χ0) is 16.4. The lowest BCUT2D eigenvalue weighted by Crippen LogP contribution is -1.91. The van der Waals surface area contributed by atoms with Crippen molar-refractivity contribution in [2.75, 3.05) is 0 Å². The normalized spacial score (nSPS) is 11.0. The summed E-state index contributed by atoms with van der Waals surface area (Å²) in [5, 5.41) is 5.70. The molecule has 0 aliphatic carbocycles. The molecule has 0 aliphatic rings. The van der Waals surface area contributed by atoms with E-state index in [1.807, 2.05) is 23.0 Å². The van der Waals surface area contributed by atoms with E-state index in [0.717, 1.165) is 27.6 Å². The SMILES string of the molecule is Cc1ccc(-c2cc3c(SCc4ccccc4)nccn3n2)cc1. The molecule has 0 atom stereocenters. The summed E-state index contributed by atoms with van der Waals surface area (Å²) in [6.07, 6.45) is 3.71. The Bertz CT molecular complexity index is 959. The third-order valence-electron chi connectivity index (χ3n) is 3.92. The number of nitrogens with zero attached hydrogens (tertiary/aromatic N) is 3. The van der Waals surface area contributed by atoms with Crippen molar-refractivity contribution in [3.8, 4) is 11.3 Å². The molecule has 2 aromatic heterocycles. The number of aromatic nitrogens is 3. The molecule has 24 heavy (non-hydrogen) atoms. The van der Waals surface area contributed by atoms with Crippen LogP contribution in [0.5, 0.6) is 0 Å². The van der Waals surface area contributed by atoms with Crippen molar-refractivity contribution in [2.45, 2.75) is 17.7 Å². The summed E-state index contributed by atoms with van der Waals surface area (Å²) in [5.41, 5.74) is 5.70. The smallest absolute Gasteiger partial charge is 0.122 e. The van der Waals surface area contributed by atoms with Crippen molar-refractivity contribution >= 4 is 17.3 Å². The third kappa shape index (κ3) is 3.05. The molecular formula is C20H17N3S. The second-order valence-corrected chi connectivity index (χ2v) is 6.70. The van der Waals surface area contributed by atoms with Gasteiger partial charge in [0.25, 0.3) is 0 Å². The van der Waals surface area contributed by atoms with Gasteiger partial charge in [-0.3, -0.25) is 0 Å². The number of thioether (sulfide) groups is 1. The van der Waals surface area contributed by atoms with Crippen LogP contribution in [0.2, 0.25) is 0 Å². The highest BCUT2D eigenvalue weighted by molar-refractivity contribution is 7.98. The average molecular weight is 331 g/mol. The van der Waals surface area contributed by atoms with Crippen LogP contribution in [0.4, 0.5) is 0 Å². The Balaban J connectivity index is 1.66. The van der Waals surface area contributed by atoms with E-state index < -0.39 is 0 Å². The molecule has 0 amide bonds. The Morgan fingerprint density at radius 1 is 1.00 bits per heavy atom. The van der Waals surface area contributed by atoms with Crippen LogP contribution in [0.3, 0.4) is 0 Å². The van der Waals surface area contributed by atoms with Crippen molar-refractivity contribution in [1.82, 2.24) is 14.6 Å². The maximum atomic E-state index is 4.69. The first-order chi connectivity index (χ1) is 11.8. The number of fused-ring (bicyclic) bond motifs is 1. The lowest BCUT2D eigenvalue weighted by molar-refractivity contribution is 0.920. The highest BCUT2D eigenvalue weighted by atomic mass is 32.2. The van der Waals surface area contributed by atoms with Gasteiger partial charge in [0.2, 0.25) is 0 Å². The van der Waals surface area contributed by atoms with Gasteiger partial charge in [0.1, 0.15) is 5.03 Å². The highest BCUT2D eigenvalue weighted by Crippen LogP contribution is 2.28. The lowest BCUT2D eigenvalue weighted by atomic mass is 10.1. The topological polar surface area (TPSA) is 30.2 Å². The molecule has 4 heteroatoms. The summed E-state index contributed by atoms with van der Waals surface area (Å²) in [4.78, 5) is 4.55. The van der Waals surface area contributed by atoms with Crippen LogP contribution in [0.1, 0.15) is 11.1 Å². The van der Waals surface area contributed by atoms with E-state index in [4.69, 9.17) is 5.10 Å². The molecule has 2 aromatic carbocycles. The van der Waals surface area contributed by atoms with Crippen molar-refractivity contribution in [1.29, 1.82) is 0 Å². The summed E-state index contributed by atoms with van der Waals surface area (Å²) in [7, 11) is 0. The van der Waals surface area contributed by atoms with Gasteiger partial charge >= 0.3 is 0 Å². The summed E-state index contributed by atoms with van der Waals surface area (Å²) in [6, 6.07) is 21.0. The Morgan fingerprint density at radius 2 is 1.79 bits per heavy atom. The molecule has 0 unspecified atom stereocenters. The molecule has 4 rings (SSSR count). The van der Waals surface area contributed by atoms with Crippen LogP contribution in [0.15, 0.2) is 78.1 Å². The molecule has 0 saturated carbocycles. The van der Waals surface area contributed by atoms with E-state index >= 15 is 0 Å². The van der Waals surface area contributed by atoms with E-state index in [1.165, 1.54) is 11.1 Å². The Morgan fingerprint density at radius 3 is 2.58 bits per heavy atom. The highest BCUT2D eigenvalue weighted by Gasteiger charge is 2.09. The lowest BCUT2D eigenvalue weighted by Gasteiger charge is -2.02. The number of benzene rings is 2. The van der Waals surface area contributed by atoms with E-state index in [2.05, 4.69) is 66.5 Å². The van der Waals surface area contributed by atoms with E-state index in [9.17, 15) is 0 Å². The molecule has 0 radical (unpaired) electrons. The molecule has 0 N–H and O–H groups in total. The minimum absolute atomic E-state index is 0.901. The quantitative estimate of drug-likeness (QED) is 0.493. The molecule has 118 valence electrons. The minimum atomic E-state index is 0.901. The number of hydrogen-bond donors (Lipinski definition) is 0. The third-order valence-corrected chi connectivity index (χ3v) is 4.99. The Hall–Kier alpha value is -2.59. The minimum Gasteiger partial charge on any atom is -0.246 e. The first-order valence-corrected chi connectivity index (χ1v) is 8.86. The first kappa shape index (κ1) is 15.0. The van der Waals surface area contributed by atoms with Gasteiger partial charge in [-0.15, -0.1) is 0 Å². The largest absolute Gasteiger partial charge is 0.246 e. The molecule has 4 aromatic rings. The van der Waals surface area contributed by atoms with Gasteiger partial charge in [0.15, 0.2) is 0 Å². The van der Waals surface area contributed by atoms with E-state index in [-0.39, 0.29) is 0 Å². The fourth-order valence-corrected chi connectivity index (χ4v) is 3.53. The van der Waals surface area contributed by atoms with Crippen molar-refractivity contribution in [3.05, 3.63) is 84.2 Å². The van der Waals surface area contributed by atoms with Crippen LogP contribution in [0.25, 0.3) is 16.8 Å². The fourth-order valence-electron chi connectivity index (χ4n) is 2.60. The predicted molar refractivity (Wildman–Crippen MR) is 99.2 cm³/mol. The van der Waals surface area contributed by atoms with Crippen LogP contribution in [-0.2, 0) is 5.75 Å². The van der Waals surface area contributed by atoms with Crippen molar-refractivity contribution in [2.24, 2.45) is 0 Å². The van der Waals surface area contributed by atoms with Gasteiger partial charge in [-0.25, -0.2) is 9.50 Å². The first-order valence-electron chi connectivity index (χ1n) is 7.88. The van der Waals surface area contributed by atoms with Gasteiger partial charge in [-0.1, -0.05) is 71.9 Å². The molecule has 0 aliphatic heterocycles. The van der Waals surface area contributed by atoms with Gasteiger partial charge in [-0.2, -0.15) is 5.10 Å². The van der Waals surface area contributed by atoms with Crippen molar-refractivity contribution < 1.29 is 0 Å². The second-order valence-electron chi connectivity index (χ2n) is 5.73. The summed E-state index contributed by atoms with van der Waals surface area (Å²) < 4.78 is 1.91. The fraction of sp³-hybridized carbons (Fsp3) is 0.100. The predicted octanol–water partition coefficient (Wildman–Crippen LogP) is 5.00. The number of aryl methyl sites for hydroxylation is 1. The monoisotopic (exact) mass is 331 g/mol. The van der Waals surface area contributed by atoms with Crippen LogP contribution < -0.4 is 0 Å². The van der Waals surface area contributed by atoms with Crippen LogP contribution in [0, 0.1) is 6.92 Å². The molecule has 2 heterocycles.